The van der Waals surface area contributed by atoms with E-state index in [-0.39, 0.29) is 11.4 Å². The van der Waals surface area contributed by atoms with Gasteiger partial charge in [0.15, 0.2) is 5.65 Å². The topological polar surface area (TPSA) is 42.5 Å². The van der Waals surface area contributed by atoms with Gasteiger partial charge < -0.3 is 0 Å². The highest BCUT2D eigenvalue weighted by Crippen LogP contribution is 2.31. The van der Waals surface area contributed by atoms with Crippen LogP contribution in [-0.2, 0) is 6.42 Å². The first kappa shape index (κ1) is 14.5. The fourth-order valence-electron chi connectivity index (χ4n) is 2.98. The Morgan fingerprint density at radius 3 is 2.91 bits per heavy atom. The minimum absolute atomic E-state index is 0.182. The molecule has 3 heterocycles. The van der Waals surface area contributed by atoms with Gasteiger partial charge in [0.25, 0.3) is 0 Å². The van der Waals surface area contributed by atoms with E-state index in [0.717, 1.165) is 27.0 Å². The number of aromatic nitrogens is 3. The summed E-state index contributed by atoms with van der Waals surface area (Å²) < 4.78 is 16.8. The second-order valence-corrected chi connectivity index (χ2v) is 7.17. The number of benzene rings is 1. The summed E-state index contributed by atoms with van der Waals surface area (Å²) >= 11 is 3.42. The summed E-state index contributed by atoms with van der Waals surface area (Å²) in [6.07, 6.45) is 5.92. The van der Waals surface area contributed by atoms with Crippen molar-refractivity contribution >= 4 is 27.3 Å². The fraction of sp³-hybridized carbons (Fsp3) is 0.235. The number of aliphatic imine (C=N–C) groups is 1. The van der Waals surface area contributed by atoms with Crippen LogP contribution in [0.3, 0.4) is 0 Å². The maximum absolute atomic E-state index is 14.3. The van der Waals surface area contributed by atoms with Crippen molar-refractivity contribution in [2.24, 2.45) is 4.99 Å². The van der Waals surface area contributed by atoms with Crippen LogP contribution in [0.4, 0.5) is 4.39 Å². The van der Waals surface area contributed by atoms with E-state index in [4.69, 9.17) is 4.99 Å². The van der Waals surface area contributed by atoms with Crippen LogP contribution in [0.2, 0.25) is 0 Å². The van der Waals surface area contributed by atoms with E-state index in [1.54, 1.807) is 23.0 Å². The Hall–Kier alpha value is -2.08. The first-order valence-corrected chi connectivity index (χ1v) is 8.11. The van der Waals surface area contributed by atoms with E-state index in [1.165, 1.54) is 6.07 Å². The van der Waals surface area contributed by atoms with E-state index >= 15 is 0 Å². The Morgan fingerprint density at radius 2 is 2.09 bits per heavy atom. The van der Waals surface area contributed by atoms with Gasteiger partial charge in [-0.3, -0.25) is 4.99 Å². The van der Waals surface area contributed by atoms with Crippen molar-refractivity contribution in [2.75, 3.05) is 0 Å². The van der Waals surface area contributed by atoms with Crippen molar-refractivity contribution in [1.29, 1.82) is 0 Å². The first-order chi connectivity index (χ1) is 10.9. The van der Waals surface area contributed by atoms with Crippen LogP contribution in [0, 0.1) is 5.82 Å². The van der Waals surface area contributed by atoms with Crippen LogP contribution in [0.25, 0.3) is 5.65 Å². The number of halogens is 2. The minimum Gasteiger partial charge on any atom is -0.278 e. The van der Waals surface area contributed by atoms with Crippen molar-refractivity contribution < 1.29 is 4.39 Å². The maximum Gasteiger partial charge on any atom is 0.169 e. The normalized spacial score (nSPS) is 16.3. The van der Waals surface area contributed by atoms with Crippen LogP contribution >= 0.6 is 15.9 Å². The van der Waals surface area contributed by atoms with Crippen molar-refractivity contribution in [1.82, 2.24) is 14.6 Å². The van der Waals surface area contributed by atoms with Crippen molar-refractivity contribution in [2.45, 2.75) is 25.8 Å². The molecule has 0 N–H and O–H groups in total. The lowest BCUT2D eigenvalue weighted by atomic mass is 9.85. The van der Waals surface area contributed by atoms with Gasteiger partial charge in [-0.1, -0.05) is 12.1 Å². The lowest BCUT2D eigenvalue weighted by molar-refractivity contribution is 0.492. The molecular formula is C17H14BrFN4. The van der Waals surface area contributed by atoms with Crippen LogP contribution in [0.1, 0.15) is 30.5 Å². The third-order valence-electron chi connectivity index (χ3n) is 3.98. The molecule has 23 heavy (non-hydrogen) atoms. The lowest BCUT2D eigenvalue weighted by Crippen LogP contribution is -2.30. The fourth-order valence-corrected chi connectivity index (χ4v) is 3.36. The number of hydrogen-bond donors (Lipinski definition) is 0. The number of rotatable bonds is 1. The Morgan fingerprint density at radius 1 is 1.26 bits per heavy atom. The van der Waals surface area contributed by atoms with Crippen molar-refractivity contribution in [3.63, 3.8) is 0 Å². The molecule has 0 fully saturated rings. The van der Waals surface area contributed by atoms with Crippen LogP contribution in [-0.4, -0.2) is 25.8 Å². The second-order valence-electron chi connectivity index (χ2n) is 6.32. The molecule has 0 radical (unpaired) electrons. The quantitative estimate of drug-likeness (QED) is 0.651. The Labute approximate surface area is 141 Å². The van der Waals surface area contributed by atoms with E-state index < -0.39 is 0 Å². The Kier molecular flexibility index (Phi) is 3.13. The number of fused-ring (bicyclic) bond motifs is 2. The van der Waals surface area contributed by atoms with Gasteiger partial charge in [0.05, 0.1) is 21.9 Å². The third-order valence-corrected chi connectivity index (χ3v) is 4.54. The molecular weight excluding hydrogens is 359 g/mol. The number of hydrogen-bond acceptors (Lipinski definition) is 3. The largest absolute Gasteiger partial charge is 0.278 e. The van der Waals surface area contributed by atoms with Crippen LogP contribution < -0.4 is 0 Å². The van der Waals surface area contributed by atoms with Crippen LogP contribution in [0.5, 0.6) is 0 Å². The molecule has 2 aromatic heterocycles. The van der Waals surface area contributed by atoms with Gasteiger partial charge in [-0.25, -0.2) is 13.9 Å². The summed E-state index contributed by atoms with van der Waals surface area (Å²) in [5.74, 6) is -0.182. The van der Waals surface area contributed by atoms with Crippen molar-refractivity contribution in [3.8, 4) is 0 Å². The summed E-state index contributed by atoms with van der Waals surface area (Å²) in [6.45, 7) is 4.03. The molecule has 3 aromatic rings. The molecule has 0 bridgehead atoms. The minimum atomic E-state index is -0.357. The summed E-state index contributed by atoms with van der Waals surface area (Å²) in [5.41, 5.74) is 3.51. The molecule has 0 saturated heterocycles. The SMILES string of the molecule is CC1(C)Cc2c(F)cccc2C(c2cnc3c(Br)cnn3c2)=N1. The highest BCUT2D eigenvalue weighted by Gasteiger charge is 2.29. The third kappa shape index (κ3) is 2.37. The highest BCUT2D eigenvalue weighted by atomic mass is 79.9. The summed E-state index contributed by atoms with van der Waals surface area (Å²) in [5, 5.41) is 4.26. The highest BCUT2D eigenvalue weighted by molar-refractivity contribution is 9.10. The van der Waals surface area contributed by atoms with Gasteiger partial charge in [0.2, 0.25) is 0 Å². The maximum atomic E-state index is 14.3. The van der Waals surface area contributed by atoms with Gasteiger partial charge in [-0.2, -0.15) is 5.10 Å². The molecule has 0 atom stereocenters. The van der Waals surface area contributed by atoms with Gasteiger partial charge in [-0.15, -0.1) is 0 Å². The molecule has 4 rings (SSSR count). The van der Waals surface area contributed by atoms with Gasteiger partial charge in [-0.05, 0) is 41.4 Å². The van der Waals surface area contributed by atoms with Gasteiger partial charge >= 0.3 is 0 Å². The molecule has 1 aromatic carbocycles. The summed E-state index contributed by atoms with van der Waals surface area (Å²) in [7, 11) is 0. The first-order valence-electron chi connectivity index (χ1n) is 7.31. The second kappa shape index (κ2) is 4.96. The molecule has 1 aliphatic rings. The zero-order valence-corrected chi connectivity index (χ0v) is 14.3. The van der Waals surface area contributed by atoms with Crippen LogP contribution in [0.15, 0.2) is 46.3 Å². The molecule has 6 heteroatoms. The number of nitrogens with zero attached hydrogens (tertiary/aromatic N) is 4. The molecule has 0 unspecified atom stereocenters. The lowest BCUT2D eigenvalue weighted by Gasteiger charge is -2.29. The smallest absolute Gasteiger partial charge is 0.169 e. The molecule has 4 nitrogen and oxygen atoms in total. The molecule has 0 aliphatic carbocycles. The monoisotopic (exact) mass is 372 g/mol. The van der Waals surface area contributed by atoms with Gasteiger partial charge in [0.1, 0.15) is 5.82 Å². The predicted octanol–water partition coefficient (Wildman–Crippen LogP) is 3.80. The van der Waals surface area contributed by atoms with E-state index in [1.807, 2.05) is 26.1 Å². The van der Waals surface area contributed by atoms with E-state index in [2.05, 4.69) is 26.0 Å². The average molecular weight is 373 g/mol. The molecule has 0 amide bonds. The molecule has 0 saturated carbocycles. The average Bonchev–Trinajstić information content (AvgIpc) is 2.88. The summed E-state index contributed by atoms with van der Waals surface area (Å²) in [4.78, 5) is 9.28. The van der Waals surface area contributed by atoms with Crippen molar-refractivity contribution in [3.05, 3.63) is 63.8 Å². The predicted molar refractivity (Wildman–Crippen MR) is 90.5 cm³/mol. The molecule has 116 valence electrons. The summed E-state index contributed by atoms with van der Waals surface area (Å²) in [6, 6.07) is 5.14. The van der Waals surface area contributed by atoms with E-state index in [0.29, 0.717) is 12.0 Å². The standard InChI is InChI=1S/C17H14BrFN4/c1-17(2)6-12-11(4-3-5-14(12)19)15(22-17)10-7-20-16-13(18)8-21-23(16)9-10/h3-5,7-9H,6H2,1-2H3. The van der Waals surface area contributed by atoms with E-state index in [9.17, 15) is 4.39 Å². The van der Waals surface area contributed by atoms with Gasteiger partial charge in [0, 0.05) is 29.9 Å². The zero-order valence-electron chi connectivity index (χ0n) is 12.7. The Balaban J connectivity index is 1.95. The molecule has 0 spiro atoms. The zero-order chi connectivity index (χ0) is 16.2. The molecule has 1 aliphatic heterocycles. The Bertz CT molecular complexity index is 958.